The number of benzene rings is 1. The SMILES string of the molecule is COc1ccc(Cl)cc1S(=O)(=O)NCC(c1ccccn1)N1CCOCC1. The maximum Gasteiger partial charge on any atom is 0.244 e. The van der Waals surface area contributed by atoms with Crippen molar-refractivity contribution in [2.24, 2.45) is 0 Å². The molecule has 9 heteroatoms. The zero-order chi connectivity index (χ0) is 19.3. The zero-order valence-electron chi connectivity index (χ0n) is 15.0. The number of pyridine rings is 1. The van der Waals surface area contributed by atoms with Crippen LogP contribution in [0, 0.1) is 0 Å². The highest BCUT2D eigenvalue weighted by Gasteiger charge is 2.27. The molecule has 27 heavy (non-hydrogen) atoms. The first-order valence-corrected chi connectivity index (χ1v) is 10.4. The van der Waals surface area contributed by atoms with Crippen molar-refractivity contribution in [3.8, 4) is 5.75 Å². The maximum absolute atomic E-state index is 12.9. The van der Waals surface area contributed by atoms with Crippen LogP contribution in [0.3, 0.4) is 0 Å². The van der Waals surface area contributed by atoms with E-state index in [4.69, 9.17) is 21.1 Å². The molecule has 0 bridgehead atoms. The number of nitrogens with zero attached hydrogens (tertiary/aromatic N) is 2. The number of nitrogens with one attached hydrogen (secondary N) is 1. The van der Waals surface area contributed by atoms with Crippen LogP contribution in [0.25, 0.3) is 0 Å². The Bertz CT molecular complexity index is 858. The van der Waals surface area contributed by atoms with Crippen molar-refractivity contribution >= 4 is 21.6 Å². The molecule has 7 nitrogen and oxygen atoms in total. The zero-order valence-corrected chi connectivity index (χ0v) is 16.5. The lowest BCUT2D eigenvalue weighted by molar-refractivity contribution is 0.0163. The Morgan fingerprint density at radius 2 is 2.07 bits per heavy atom. The molecule has 2 heterocycles. The van der Waals surface area contributed by atoms with Gasteiger partial charge in [-0.05, 0) is 30.3 Å². The summed E-state index contributed by atoms with van der Waals surface area (Å²) >= 11 is 5.98. The van der Waals surface area contributed by atoms with Gasteiger partial charge in [0.05, 0.1) is 32.1 Å². The minimum Gasteiger partial charge on any atom is -0.495 e. The second kappa shape index (κ2) is 8.99. The molecule has 146 valence electrons. The lowest BCUT2D eigenvalue weighted by Crippen LogP contribution is -2.44. The van der Waals surface area contributed by atoms with Gasteiger partial charge < -0.3 is 9.47 Å². The Hall–Kier alpha value is -1.71. The summed E-state index contributed by atoms with van der Waals surface area (Å²) in [6, 6.07) is 9.93. The van der Waals surface area contributed by atoms with Crippen LogP contribution in [0.5, 0.6) is 5.75 Å². The summed E-state index contributed by atoms with van der Waals surface area (Å²) in [4.78, 5) is 6.60. The number of hydrogen-bond donors (Lipinski definition) is 1. The van der Waals surface area contributed by atoms with Gasteiger partial charge in [-0.15, -0.1) is 0 Å². The average Bonchev–Trinajstić information content (AvgIpc) is 2.70. The van der Waals surface area contributed by atoms with Crippen molar-refractivity contribution < 1.29 is 17.9 Å². The summed E-state index contributed by atoms with van der Waals surface area (Å²) in [7, 11) is -2.39. The van der Waals surface area contributed by atoms with Crippen molar-refractivity contribution in [2.45, 2.75) is 10.9 Å². The summed E-state index contributed by atoms with van der Waals surface area (Å²) in [5.41, 5.74) is 0.806. The molecule has 1 atom stereocenters. The third-order valence-corrected chi connectivity index (χ3v) is 6.08. The van der Waals surface area contributed by atoms with Gasteiger partial charge in [-0.25, -0.2) is 13.1 Å². The molecule has 1 saturated heterocycles. The van der Waals surface area contributed by atoms with Gasteiger partial charge in [-0.2, -0.15) is 0 Å². The largest absolute Gasteiger partial charge is 0.495 e. The van der Waals surface area contributed by atoms with Crippen molar-refractivity contribution in [3.63, 3.8) is 0 Å². The monoisotopic (exact) mass is 411 g/mol. The predicted molar refractivity (Wildman–Crippen MR) is 103 cm³/mol. The van der Waals surface area contributed by atoms with Crippen LogP contribution in [0.2, 0.25) is 5.02 Å². The number of sulfonamides is 1. The van der Waals surface area contributed by atoms with Crippen molar-refractivity contribution in [1.29, 1.82) is 0 Å². The number of methoxy groups -OCH3 is 1. The second-order valence-electron chi connectivity index (χ2n) is 6.07. The molecule has 1 fully saturated rings. The Balaban J connectivity index is 1.83. The first-order chi connectivity index (χ1) is 13.0. The molecular weight excluding hydrogens is 390 g/mol. The maximum atomic E-state index is 12.9. The fraction of sp³-hybridized carbons (Fsp3) is 0.389. The van der Waals surface area contributed by atoms with E-state index in [1.165, 1.54) is 19.2 Å². The molecule has 1 aromatic heterocycles. The number of hydrogen-bond acceptors (Lipinski definition) is 6. The van der Waals surface area contributed by atoms with Gasteiger partial charge in [0.2, 0.25) is 10.0 Å². The Labute approximate surface area is 164 Å². The molecule has 2 aromatic rings. The number of halogens is 1. The molecule has 0 saturated carbocycles. The van der Waals surface area contributed by atoms with Crippen LogP contribution < -0.4 is 9.46 Å². The van der Waals surface area contributed by atoms with Gasteiger partial charge in [0.25, 0.3) is 0 Å². The number of morpholine rings is 1. The minimum absolute atomic E-state index is 0.0132. The standard InChI is InChI=1S/C18H22ClN3O4S/c1-25-17-6-5-14(19)12-18(17)27(23,24)21-13-16(15-4-2-3-7-20-15)22-8-10-26-11-9-22/h2-7,12,16,21H,8-11,13H2,1H3. The van der Waals surface area contributed by atoms with E-state index >= 15 is 0 Å². The molecule has 1 aliphatic heterocycles. The van der Waals surface area contributed by atoms with Gasteiger partial charge in [-0.3, -0.25) is 9.88 Å². The second-order valence-corrected chi connectivity index (χ2v) is 8.24. The van der Waals surface area contributed by atoms with Crippen LogP contribution >= 0.6 is 11.6 Å². The van der Waals surface area contributed by atoms with Crippen LogP contribution in [0.1, 0.15) is 11.7 Å². The van der Waals surface area contributed by atoms with E-state index in [2.05, 4.69) is 14.6 Å². The van der Waals surface area contributed by atoms with Gasteiger partial charge >= 0.3 is 0 Å². The molecule has 0 aliphatic carbocycles. The Morgan fingerprint density at radius 3 is 2.74 bits per heavy atom. The lowest BCUT2D eigenvalue weighted by atomic mass is 10.1. The first-order valence-electron chi connectivity index (χ1n) is 8.57. The van der Waals surface area contributed by atoms with Crippen molar-refractivity contribution in [1.82, 2.24) is 14.6 Å². The van der Waals surface area contributed by atoms with Crippen LogP contribution in [0.15, 0.2) is 47.5 Å². The van der Waals surface area contributed by atoms with E-state index in [0.717, 1.165) is 5.69 Å². The third-order valence-electron chi connectivity index (χ3n) is 4.40. The fourth-order valence-corrected chi connectivity index (χ4v) is 4.48. The summed E-state index contributed by atoms with van der Waals surface area (Å²) < 4.78 is 39.0. The summed E-state index contributed by atoms with van der Waals surface area (Å²) in [6.07, 6.45) is 1.71. The van der Waals surface area contributed by atoms with Crippen molar-refractivity contribution in [3.05, 3.63) is 53.3 Å². The van der Waals surface area contributed by atoms with E-state index < -0.39 is 10.0 Å². The highest BCUT2D eigenvalue weighted by atomic mass is 35.5. The first kappa shape index (κ1) is 20.0. The predicted octanol–water partition coefficient (Wildman–Crippen LogP) is 2.10. The summed E-state index contributed by atoms with van der Waals surface area (Å²) in [6.45, 7) is 2.82. The quantitative estimate of drug-likeness (QED) is 0.751. The highest BCUT2D eigenvalue weighted by Crippen LogP contribution is 2.27. The Morgan fingerprint density at radius 1 is 1.30 bits per heavy atom. The molecule has 1 aliphatic rings. The van der Waals surface area contributed by atoms with E-state index in [1.807, 2.05) is 18.2 Å². The lowest BCUT2D eigenvalue weighted by Gasteiger charge is -2.34. The van der Waals surface area contributed by atoms with Crippen molar-refractivity contribution in [2.75, 3.05) is 40.0 Å². The van der Waals surface area contributed by atoms with Gasteiger partial charge in [-0.1, -0.05) is 17.7 Å². The van der Waals surface area contributed by atoms with Gasteiger partial charge in [0.1, 0.15) is 10.6 Å². The number of rotatable bonds is 7. The average molecular weight is 412 g/mol. The van der Waals surface area contributed by atoms with E-state index in [0.29, 0.717) is 31.3 Å². The smallest absolute Gasteiger partial charge is 0.244 e. The van der Waals surface area contributed by atoms with Gasteiger partial charge in [0, 0.05) is 30.9 Å². The normalized spacial score (nSPS) is 16.8. The third kappa shape index (κ3) is 4.97. The minimum atomic E-state index is -3.81. The van der Waals surface area contributed by atoms with Crippen LogP contribution in [-0.4, -0.2) is 58.3 Å². The molecule has 0 spiro atoms. The fourth-order valence-electron chi connectivity index (χ4n) is 3.01. The Kier molecular flexibility index (Phi) is 6.67. The molecule has 3 rings (SSSR count). The molecule has 0 amide bonds. The number of aromatic nitrogens is 1. The molecule has 1 unspecified atom stereocenters. The van der Waals surface area contributed by atoms with E-state index in [1.54, 1.807) is 12.3 Å². The molecule has 1 aromatic carbocycles. The molecule has 0 radical (unpaired) electrons. The van der Waals surface area contributed by atoms with Crippen LogP contribution in [0.4, 0.5) is 0 Å². The molecule has 1 N–H and O–H groups in total. The summed E-state index contributed by atoms with van der Waals surface area (Å²) in [5.74, 6) is 0.243. The topological polar surface area (TPSA) is 80.8 Å². The highest BCUT2D eigenvalue weighted by molar-refractivity contribution is 7.89. The summed E-state index contributed by atoms with van der Waals surface area (Å²) in [5, 5.41) is 0.325. The van der Waals surface area contributed by atoms with E-state index in [9.17, 15) is 8.42 Å². The van der Waals surface area contributed by atoms with E-state index in [-0.39, 0.29) is 23.2 Å². The molecular formula is C18H22ClN3O4S. The number of ether oxygens (including phenoxy) is 2. The van der Waals surface area contributed by atoms with Gasteiger partial charge in [0.15, 0.2) is 0 Å². The van der Waals surface area contributed by atoms with Crippen LogP contribution in [-0.2, 0) is 14.8 Å².